The van der Waals surface area contributed by atoms with Gasteiger partial charge in [-0.3, -0.25) is 9.78 Å². The molecular weight excluding hydrogens is 284 g/mol. The standard InChI is InChI=1S/C16H22N2O2S/c1-2-3-6-15(19)18-11-16(12-18)8-14(10-21-16)20-13-5-4-7-17-9-13/h4-5,7,9,14H,2-3,6,8,10-12H2,1H3/t14-/m0/s1. The summed E-state index contributed by atoms with van der Waals surface area (Å²) >= 11 is 1.96. The highest BCUT2D eigenvalue weighted by molar-refractivity contribution is 8.01. The van der Waals surface area contributed by atoms with Crippen LogP contribution in [0.25, 0.3) is 0 Å². The van der Waals surface area contributed by atoms with Gasteiger partial charge in [-0.05, 0) is 18.6 Å². The fraction of sp³-hybridized carbons (Fsp3) is 0.625. The van der Waals surface area contributed by atoms with Crippen molar-refractivity contribution in [2.75, 3.05) is 18.8 Å². The van der Waals surface area contributed by atoms with E-state index in [4.69, 9.17) is 4.74 Å². The van der Waals surface area contributed by atoms with E-state index in [0.717, 1.165) is 43.9 Å². The maximum absolute atomic E-state index is 12.0. The number of thioether (sulfide) groups is 1. The summed E-state index contributed by atoms with van der Waals surface area (Å²) in [6.07, 6.45) is 7.58. The zero-order chi connectivity index (χ0) is 14.7. The van der Waals surface area contributed by atoms with Crippen LogP contribution in [0.2, 0.25) is 0 Å². The van der Waals surface area contributed by atoms with E-state index in [1.807, 2.05) is 28.8 Å². The van der Waals surface area contributed by atoms with Crippen molar-refractivity contribution in [3.05, 3.63) is 24.5 Å². The van der Waals surface area contributed by atoms with Crippen molar-refractivity contribution in [2.24, 2.45) is 0 Å². The summed E-state index contributed by atoms with van der Waals surface area (Å²) in [6, 6.07) is 3.84. The number of hydrogen-bond donors (Lipinski definition) is 0. The van der Waals surface area contributed by atoms with Crippen molar-refractivity contribution < 1.29 is 9.53 Å². The molecule has 1 spiro atoms. The highest BCUT2D eigenvalue weighted by atomic mass is 32.2. The fourth-order valence-electron chi connectivity index (χ4n) is 3.02. The Bertz CT molecular complexity index is 488. The van der Waals surface area contributed by atoms with E-state index in [0.29, 0.717) is 12.3 Å². The maximum Gasteiger partial charge on any atom is 0.222 e. The molecule has 0 N–H and O–H groups in total. The minimum absolute atomic E-state index is 0.243. The molecule has 0 unspecified atom stereocenters. The van der Waals surface area contributed by atoms with E-state index in [1.165, 1.54) is 0 Å². The molecule has 3 rings (SSSR count). The number of amides is 1. The second-order valence-electron chi connectivity index (χ2n) is 5.98. The SMILES string of the molecule is CCCCC(=O)N1CC2(C[C@H](Oc3cccnc3)CS2)C1. The second kappa shape index (κ2) is 6.26. The molecule has 2 saturated heterocycles. The first-order valence-electron chi connectivity index (χ1n) is 7.69. The Labute approximate surface area is 130 Å². The van der Waals surface area contributed by atoms with Gasteiger partial charge in [0.1, 0.15) is 11.9 Å². The Morgan fingerprint density at radius 2 is 2.43 bits per heavy atom. The van der Waals surface area contributed by atoms with Crippen LogP contribution >= 0.6 is 11.8 Å². The molecule has 21 heavy (non-hydrogen) atoms. The van der Waals surface area contributed by atoms with E-state index >= 15 is 0 Å². The number of carbonyl (C=O) groups is 1. The van der Waals surface area contributed by atoms with E-state index in [2.05, 4.69) is 11.9 Å². The van der Waals surface area contributed by atoms with Crippen LogP contribution in [0.3, 0.4) is 0 Å². The number of hydrogen-bond acceptors (Lipinski definition) is 4. The number of unbranched alkanes of at least 4 members (excludes halogenated alkanes) is 1. The van der Waals surface area contributed by atoms with Gasteiger partial charge in [-0.15, -0.1) is 11.8 Å². The van der Waals surface area contributed by atoms with E-state index in [1.54, 1.807) is 12.4 Å². The van der Waals surface area contributed by atoms with Gasteiger partial charge in [0.15, 0.2) is 0 Å². The molecule has 2 aliphatic heterocycles. The quantitative estimate of drug-likeness (QED) is 0.839. The summed E-state index contributed by atoms with van der Waals surface area (Å²) in [5.41, 5.74) is 0. The average Bonchev–Trinajstić information content (AvgIpc) is 2.88. The number of nitrogens with zero attached hydrogens (tertiary/aromatic N) is 2. The molecule has 2 fully saturated rings. The number of pyridine rings is 1. The Morgan fingerprint density at radius 3 is 3.14 bits per heavy atom. The van der Waals surface area contributed by atoms with Crippen LogP contribution < -0.4 is 4.74 Å². The van der Waals surface area contributed by atoms with Gasteiger partial charge < -0.3 is 9.64 Å². The predicted octanol–water partition coefficient (Wildman–Crippen LogP) is 2.74. The first-order chi connectivity index (χ1) is 10.2. The second-order valence-corrected chi connectivity index (χ2v) is 7.47. The van der Waals surface area contributed by atoms with E-state index in [-0.39, 0.29) is 10.9 Å². The lowest BCUT2D eigenvalue weighted by atomic mass is 9.92. The molecule has 1 aromatic rings. The van der Waals surface area contributed by atoms with E-state index < -0.39 is 0 Å². The molecule has 0 aromatic carbocycles. The number of aromatic nitrogens is 1. The van der Waals surface area contributed by atoms with Crippen molar-refractivity contribution in [1.29, 1.82) is 0 Å². The van der Waals surface area contributed by atoms with Crippen molar-refractivity contribution in [2.45, 2.75) is 43.5 Å². The van der Waals surface area contributed by atoms with Crippen molar-refractivity contribution in [1.82, 2.24) is 9.88 Å². The molecule has 2 aliphatic rings. The summed E-state index contributed by atoms with van der Waals surface area (Å²) in [7, 11) is 0. The third-order valence-corrected chi connectivity index (χ3v) is 5.74. The molecule has 0 bridgehead atoms. The first kappa shape index (κ1) is 14.7. The summed E-state index contributed by atoms with van der Waals surface area (Å²) in [5, 5.41) is 0. The summed E-state index contributed by atoms with van der Waals surface area (Å²) in [4.78, 5) is 18.1. The number of ether oxygens (including phenoxy) is 1. The lowest BCUT2D eigenvalue weighted by Crippen LogP contribution is -2.60. The minimum atomic E-state index is 0.243. The third kappa shape index (κ3) is 3.34. The molecule has 1 aromatic heterocycles. The summed E-state index contributed by atoms with van der Waals surface area (Å²) in [6.45, 7) is 3.91. The predicted molar refractivity (Wildman–Crippen MR) is 84.6 cm³/mol. The van der Waals surface area contributed by atoms with Crippen LogP contribution in [0.4, 0.5) is 0 Å². The maximum atomic E-state index is 12.0. The topological polar surface area (TPSA) is 42.4 Å². The summed E-state index contributed by atoms with van der Waals surface area (Å²) < 4.78 is 6.23. The van der Waals surface area contributed by atoms with Gasteiger partial charge in [-0.25, -0.2) is 0 Å². The molecule has 4 nitrogen and oxygen atoms in total. The van der Waals surface area contributed by atoms with Crippen LogP contribution in [-0.2, 0) is 4.79 Å². The molecule has 0 saturated carbocycles. The lowest BCUT2D eigenvalue weighted by Gasteiger charge is -2.47. The molecule has 114 valence electrons. The highest BCUT2D eigenvalue weighted by Crippen LogP contribution is 2.46. The monoisotopic (exact) mass is 306 g/mol. The fourth-order valence-corrected chi connectivity index (χ4v) is 4.54. The average molecular weight is 306 g/mol. The zero-order valence-corrected chi connectivity index (χ0v) is 13.3. The van der Waals surface area contributed by atoms with Crippen LogP contribution in [0, 0.1) is 0 Å². The lowest BCUT2D eigenvalue weighted by molar-refractivity contribution is -0.136. The number of rotatable bonds is 5. The smallest absolute Gasteiger partial charge is 0.222 e. The van der Waals surface area contributed by atoms with Gasteiger partial charge in [0.25, 0.3) is 0 Å². The molecule has 3 heterocycles. The van der Waals surface area contributed by atoms with Gasteiger partial charge in [0.05, 0.1) is 10.9 Å². The molecule has 5 heteroatoms. The third-order valence-electron chi connectivity index (χ3n) is 4.17. The van der Waals surface area contributed by atoms with Crippen LogP contribution in [0.1, 0.15) is 32.6 Å². The molecule has 1 atom stereocenters. The Hall–Kier alpha value is -1.23. The van der Waals surface area contributed by atoms with Gasteiger partial charge in [0.2, 0.25) is 5.91 Å². The Balaban J connectivity index is 1.47. The Kier molecular flexibility index (Phi) is 4.38. The van der Waals surface area contributed by atoms with Gasteiger partial charge >= 0.3 is 0 Å². The van der Waals surface area contributed by atoms with Crippen LogP contribution in [-0.4, -0.2) is 45.5 Å². The van der Waals surface area contributed by atoms with Gasteiger partial charge in [-0.1, -0.05) is 13.3 Å². The molecule has 0 radical (unpaired) electrons. The van der Waals surface area contributed by atoms with Gasteiger partial charge in [-0.2, -0.15) is 0 Å². The molecule has 0 aliphatic carbocycles. The Morgan fingerprint density at radius 1 is 1.57 bits per heavy atom. The van der Waals surface area contributed by atoms with Crippen LogP contribution in [0.5, 0.6) is 5.75 Å². The number of likely N-dealkylation sites (tertiary alicyclic amines) is 1. The van der Waals surface area contributed by atoms with Gasteiger partial charge in [0, 0.05) is 37.9 Å². The first-order valence-corrected chi connectivity index (χ1v) is 8.68. The van der Waals surface area contributed by atoms with Crippen molar-refractivity contribution in [3.8, 4) is 5.75 Å². The molecule has 1 amide bonds. The van der Waals surface area contributed by atoms with E-state index in [9.17, 15) is 4.79 Å². The highest BCUT2D eigenvalue weighted by Gasteiger charge is 2.51. The zero-order valence-electron chi connectivity index (χ0n) is 12.5. The van der Waals surface area contributed by atoms with Crippen LogP contribution in [0.15, 0.2) is 24.5 Å². The minimum Gasteiger partial charge on any atom is -0.488 e. The van der Waals surface area contributed by atoms with Crippen molar-refractivity contribution in [3.63, 3.8) is 0 Å². The summed E-state index contributed by atoms with van der Waals surface area (Å²) in [5.74, 6) is 2.17. The van der Waals surface area contributed by atoms with Crippen molar-refractivity contribution >= 4 is 17.7 Å². The molecular formula is C16H22N2O2S. The largest absolute Gasteiger partial charge is 0.488 e. The number of carbonyl (C=O) groups excluding carboxylic acids is 1. The normalized spacial score (nSPS) is 23.1.